The standard InChI is InChI=1S/C26H25N5O3S/c32-24(20-4-1-3-18(13-20)19-6-7-23-21(14-19)27-17-35-23)29-11-8-26(34,9-12-29)15-30-16-28-31-10-2-5-22(31)25(30)33/h1-7,10,13-14,17,28,34H,8-9,11-12,15-16H2. The molecule has 2 aromatic heterocycles. The van der Waals surface area contributed by atoms with Crippen molar-refractivity contribution in [2.24, 2.45) is 0 Å². The number of likely N-dealkylation sites (tertiary alicyclic amines) is 1. The third kappa shape index (κ3) is 4.06. The molecule has 0 aliphatic carbocycles. The minimum Gasteiger partial charge on any atom is -0.388 e. The maximum atomic E-state index is 13.3. The second kappa shape index (κ2) is 8.51. The van der Waals surface area contributed by atoms with Gasteiger partial charge in [-0.2, -0.15) is 0 Å². The van der Waals surface area contributed by atoms with Crippen molar-refractivity contribution in [3.63, 3.8) is 0 Å². The number of fused-ring (bicyclic) bond motifs is 2. The normalized spacial score (nSPS) is 17.3. The van der Waals surface area contributed by atoms with Gasteiger partial charge in [-0.25, -0.2) is 4.98 Å². The van der Waals surface area contributed by atoms with Crippen LogP contribution in [0.2, 0.25) is 0 Å². The van der Waals surface area contributed by atoms with Gasteiger partial charge in [-0.05, 0) is 60.4 Å². The highest BCUT2D eigenvalue weighted by Gasteiger charge is 2.38. The van der Waals surface area contributed by atoms with E-state index in [4.69, 9.17) is 0 Å². The zero-order valence-electron chi connectivity index (χ0n) is 19.1. The number of carbonyl (C=O) groups is 2. The first-order chi connectivity index (χ1) is 17.0. The van der Waals surface area contributed by atoms with E-state index in [2.05, 4.69) is 22.5 Å². The van der Waals surface area contributed by atoms with Crippen LogP contribution in [0.1, 0.15) is 33.7 Å². The van der Waals surface area contributed by atoms with Crippen LogP contribution in [0.5, 0.6) is 0 Å². The summed E-state index contributed by atoms with van der Waals surface area (Å²) in [5.41, 5.74) is 8.10. The number of rotatable bonds is 4. The summed E-state index contributed by atoms with van der Waals surface area (Å²) < 4.78 is 2.84. The number of carbonyl (C=O) groups excluding carboxylic acids is 2. The van der Waals surface area contributed by atoms with E-state index in [0.717, 1.165) is 21.3 Å². The monoisotopic (exact) mass is 487 g/mol. The van der Waals surface area contributed by atoms with Gasteiger partial charge in [0, 0.05) is 24.8 Å². The molecule has 9 heteroatoms. The van der Waals surface area contributed by atoms with Crippen molar-refractivity contribution in [2.75, 3.05) is 31.7 Å². The van der Waals surface area contributed by atoms with Crippen LogP contribution < -0.4 is 5.43 Å². The Hall–Kier alpha value is -3.69. The van der Waals surface area contributed by atoms with Crippen LogP contribution in [0.15, 0.2) is 66.3 Å². The number of hydrogen-bond acceptors (Lipinski definition) is 6. The van der Waals surface area contributed by atoms with E-state index in [-0.39, 0.29) is 18.4 Å². The maximum absolute atomic E-state index is 13.3. The Morgan fingerprint density at radius 3 is 2.77 bits per heavy atom. The van der Waals surface area contributed by atoms with Crippen molar-refractivity contribution in [1.82, 2.24) is 19.5 Å². The van der Waals surface area contributed by atoms with Gasteiger partial charge in [0.25, 0.3) is 11.8 Å². The smallest absolute Gasteiger partial charge is 0.273 e. The van der Waals surface area contributed by atoms with Crippen LogP contribution in [0.25, 0.3) is 21.3 Å². The van der Waals surface area contributed by atoms with E-state index < -0.39 is 5.60 Å². The molecule has 6 rings (SSSR count). The Balaban J connectivity index is 1.12. The third-order valence-electron chi connectivity index (χ3n) is 6.93. The molecule has 0 saturated carbocycles. The summed E-state index contributed by atoms with van der Waals surface area (Å²) in [6.45, 7) is 1.46. The summed E-state index contributed by atoms with van der Waals surface area (Å²) in [7, 11) is 0. The Labute approximate surface area is 206 Å². The number of aliphatic hydroxyl groups is 1. The van der Waals surface area contributed by atoms with Crippen LogP contribution in [0, 0.1) is 0 Å². The molecule has 4 aromatic rings. The van der Waals surface area contributed by atoms with Crippen molar-refractivity contribution in [3.8, 4) is 11.1 Å². The molecule has 0 unspecified atom stereocenters. The predicted molar refractivity (Wildman–Crippen MR) is 135 cm³/mol. The molecule has 1 fully saturated rings. The summed E-state index contributed by atoms with van der Waals surface area (Å²) >= 11 is 1.61. The van der Waals surface area contributed by atoms with Gasteiger partial charge in [-0.15, -0.1) is 11.3 Å². The van der Waals surface area contributed by atoms with Gasteiger partial charge >= 0.3 is 0 Å². The van der Waals surface area contributed by atoms with Crippen molar-refractivity contribution >= 4 is 33.4 Å². The second-order valence-electron chi connectivity index (χ2n) is 9.21. The lowest BCUT2D eigenvalue weighted by atomic mass is 9.90. The number of amides is 2. The molecule has 0 atom stereocenters. The Morgan fingerprint density at radius 1 is 1.09 bits per heavy atom. The molecule has 4 heterocycles. The van der Waals surface area contributed by atoms with E-state index in [1.807, 2.05) is 41.9 Å². The fourth-order valence-electron chi connectivity index (χ4n) is 4.91. The highest BCUT2D eigenvalue weighted by atomic mass is 32.1. The van der Waals surface area contributed by atoms with Crippen molar-refractivity contribution in [2.45, 2.75) is 18.4 Å². The first-order valence-electron chi connectivity index (χ1n) is 11.6. The highest BCUT2D eigenvalue weighted by Crippen LogP contribution is 2.29. The SMILES string of the molecule is O=C(c1cccc(-c2ccc3scnc3c2)c1)N1CCC(O)(CN2CNn3cccc3C2=O)CC1. The van der Waals surface area contributed by atoms with E-state index >= 15 is 0 Å². The summed E-state index contributed by atoms with van der Waals surface area (Å²) in [5.74, 6) is -0.148. The fourth-order valence-corrected chi connectivity index (χ4v) is 5.57. The molecule has 2 N–H and O–H groups in total. The lowest BCUT2D eigenvalue weighted by Gasteiger charge is -2.42. The van der Waals surface area contributed by atoms with Gasteiger partial charge in [-0.1, -0.05) is 18.2 Å². The minimum absolute atomic E-state index is 0.0443. The number of aromatic nitrogens is 2. The highest BCUT2D eigenvalue weighted by molar-refractivity contribution is 7.16. The molecule has 1 saturated heterocycles. The summed E-state index contributed by atoms with van der Waals surface area (Å²) in [4.78, 5) is 33.8. The molecule has 0 radical (unpaired) electrons. The predicted octanol–water partition coefficient (Wildman–Crippen LogP) is 3.39. The molecule has 2 amide bonds. The topological polar surface area (TPSA) is 90.7 Å². The fraction of sp³-hybridized carbons (Fsp3) is 0.269. The van der Waals surface area contributed by atoms with Gasteiger partial charge < -0.3 is 20.3 Å². The Bertz CT molecular complexity index is 1420. The molecule has 2 aliphatic rings. The number of nitrogens with one attached hydrogen (secondary N) is 1. The first-order valence-corrected chi connectivity index (χ1v) is 12.5. The van der Waals surface area contributed by atoms with E-state index in [0.29, 0.717) is 43.9 Å². The van der Waals surface area contributed by atoms with E-state index in [1.165, 1.54) is 0 Å². The molecule has 0 bridgehead atoms. The zero-order valence-corrected chi connectivity index (χ0v) is 19.9. The molecule has 178 valence electrons. The van der Waals surface area contributed by atoms with Crippen LogP contribution in [-0.4, -0.2) is 68.3 Å². The van der Waals surface area contributed by atoms with Gasteiger partial charge in [-0.3, -0.25) is 14.3 Å². The maximum Gasteiger partial charge on any atom is 0.273 e. The van der Waals surface area contributed by atoms with E-state index in [1.54, 1.807) is 38.1 Å². The Kier molecular flexibility index (Phi) is 5.31. The lowest BCUT2D eigenvalue weighted by molar-refractivity contribution is -0.0369. The second-order valence-corrected chi connectivity index (χ2v) is 10.1. The molecule has 2 aliphatic heterocycles. The van der Waals surface area contributed by atoms with Crippen LogP contribution >= 0.6 is 11.3 Å². The van der Waals surface area contributed by atoms with Crippen LogP contribution in [-0.2, 0) is 0 Å². The third-order valence-corrected chi connectivity index (χ3v) is 7.74. The van der Waals surface area contributed by atoms with Crippen LogP contribution in [0.3, 0.4) is 0 Å². The average Bonchev–Trinajstić information content (AvgIpc) is 3.55. The molecular weight excluding hydrogens is 462 g/mol. The quantitative estimate of drug-likeness (QED) is 0.461. The van der Waals surface area contributed by atoms with Gasteiger partial charge in [0.15, 0.2) is 0 Å². The first kappa shape index (κ1) is 21.8. The number of benzene rings is 2. The number of nitrogens with zero attached hydrogens (tertiary/aromatic N) is 4. The average molecular weight is 488 g/mol. The number of hydrogen-bond donors (Lipinski definition) is 2. The summed E-state index contributed by atoms with van der Waals surface area (Å²) in [6, 6.07) is 17.4. The molecule has 35 heavy (non-hydrogen) atoms. The van der Waals surface area contributed by atoms with E-state index in [9.17, 15) is 14.7 Å². The number of thiazole rings is 1. The van der Waals surface area contributed by atoms with Gasteiger partial charge in [0.05, 0.1) is 27.9 Å². The summed E-state index contributed by atoms with van der Waals surface area (Å²) in [5, 5.41) is 11.2. The minimum atomic E-state index is -1.02. The van der Waals surface area contributed by atoms with Gasteiger partial charge in [0.1, 0.15) is 12.4 Å². The number of piperidine rings is 1. The molecule has 0 spiro atoms. The molecule has 8 nitrogen and oxygen atoms in total. The Morgan fingerprint density at radius 2 is 1.91 bits per heavy atom. The lowest BCUT2D eigenvalue weighted by Crippen LogP contribution is -2.56. The molecule has 2 aromatic carbocycles. The van der Waals surface area contributed by atoms with Crippen molar-refractivity contribution in [1.29, 1.82) is 0 Å². The van der Waals surface area contributed by atoms with Crippen molar-refractivity contribution < 1.29 is 14.7 Å². The zero-order chi connectivity index (χ0) is 24.0. The largest absolute Gasteiger partial charge is 0.388 e. The molecular formula is C26H25N5O3S. The van der Waals surface area contributed by atoms with Gasteiger partial charge in [0.2, 0.25) is 0 Å². The summed E-state index contributed by atoms with van der Waals surface area (Å²) in [6.07, 6.45) is 2.64. The van der Waals surface area contributed by atoms with Crippen LogP contribution in [0.4, 0.5) is 0 Å². The number of β-amino-alcohol motifs (C(OH)–C–C–N with tert-alkyl or cyclic N) is 1. The van der Waals surface area contributed by atoms with Crippen molar-refractivity contribution in [3.05, 3.63) is 77.6 Å².